The summed E-state index contributed by atoms with van der Waals surface area (Å²) in [6, 6.07) is -1.79. The molecule has 0 aromatic rings. The van der Waals surface area contributed by atoms with Gasteiger partial charge < -0.3 is 9.47 Å². The lowest BCUT2D eigenvalue weighted by Crippen LogP contribution is -2.62. The highest BCUT2D eigenvalue weighted by atomic mass is 32.2. The largest absolute Gasteiger partial charge is 0.443 e. The maximum absolute atomic E-state index is 14.1. The number of rotatable bonds is 3. The number of sulfonamides is 1. The molecule has 1 aliphatic heterocycles. The SMILES string of the molecule is CC(C)[C@H](C(=O)N1[C@@H]2C[C@H]3CC[C@]2(CS1(=O)=O)C3(C)C)[15N]([15NH]C(=O)OC(C)(C)C)C(=O)OC(C)(C)C. The smallest absolute Gasteiger partial charge is 0.430 e. The quantitative estimate of drug-likeness (QED) is 0.430. The van der Waals surface area contributed by atoms with Gasteiger partial charge in [-0.25, -0.2) is 32.7 Å². The van der Waals surface area contributed by atoms with E-state index in [0.29, 0.717) is 12.3 Å². The average Bonchev–Trinajstić information content (AvgIpc) is 3.11. The molecule has 11 heteroatoms. The van der Waals surface area contributed by atoms with Crippen LogP contribution in [0.25, 0.3) is 0 Å². The monoisotopic (exact) mass is 531 g/mol. The summed E-state index contributed by atoms with van der Waals surface area (Å²) in [4.78, 5) is 40.1. The van der Waals surface area contributed by atoms with Crippen LogP contribution in [0.15, 0.2) is 0 Å². The van der Waals surface area contributed by atoms with Crippen LogP contribution < -0.4 is 5.43 Å². The van der Waals surface area contributed by atoms with Crippen LogP contribution >= 0.6 is 0 Å². The molecule has 2 saturated carbocycles. The third kappa shape index (κ3) is 4.91. The Hall–Kier alpha value is -2.04. The van der Waals surface area contributed by atoms with Gasteiger partial charge in [0.15, 0.2) is 0 Å². The van der Waals surface area contributed by atoms with Crippen molar-refractivity contribution in [2.24, 2.45) is 22.7 Å². The van der Waals surface area contributed by atoms with E-state index in [-0.39, 0.29) is 11.2 Å². The summed E-state index contributed by atoms with van der Waals surface area (Å²) in [6.45, 7) is 17.6. The van der Waals surface area contributed by atoms with Gasteiger partial charge in [0.2, 0.25) is 10.0 Å². The van der Waals surface area contributed by atoms with Gasteiger partial charge in [0, 0.05) is 5.41 Å². The summed E-state index contributed by atoms with van der Waals surface area (Å²) in [5, 5.41) is 0.797. The summed E-state index contributed by atoms with van der Waals surface area (Å²) in [6.07, 6.45) is 0.373. The first-order valence-electron chi connectivity index (χ1n) is 12.7. The molecule has 0 radical (unpaired) electrons. The molecule has 2 bridgehead atoms. The first-order chi connectivity index (χ1) is 16.1. The van der Waals surface area contributed by atoms with Crippen LogP contribution in [-0.4, -0.2) is 64.9 Å². The maximum Gasteiger partial charge on any atom is 0.430 e. The van der Waals surface area contributed by atoms with E-state index in [0.717, 1.165) is 22.2 Å². The minimum Gasteiger partial charge on any atom is -0.443 e. The lowest BCUT2D eigenvalue weighted by molar-refractivity contribution is -0.137. The molecule has 0 unspecified atom stereocenters. The van der Waals surface area contributed by atoms with E-state index in [9.17, 15) is 22.8 Å². The zero-order valence-corrected chi connectivity index (χ0v) is 24.1. The lowest BCUT2D eigenvalue weighted by atomic mass is 9.69. The van der Waals surface area contributed by atoms with Crippen LogP contribution in [-0.2, 0) is 24.3 Å². The molecule has 1 spiro atoms. The van der Waals surface area contributed by atoms with Crippen molar-refractivity contribution in [2.45, 2.75) is 112 Å². The van der Waals surface area contributed by atoms with Crippen LogP contribution in [0.3, 0.4) is 0 Å². The molecule has 4 atom stereocenters. The topological polar surface area (TPSA) is 122 Å². The fourth-order valence-corrected chi connectivity index (χ4v) is 8.90. The first kappa shape index (κ1) is 28.5. The highest BCUT2D eigenvalue weighted by molar-refractivity contribution is 7.90. The standard InChI is InChI=1S/C25H43N3O7S/c1-15(2)18(27(21(31)35-23(6,7)8)26-20(30)34-22(3,4)5)19(29)28-17-13-16-11-12-25(17,24(16,9)10)14-36(28,32)33/h15-18H,11-14H2,1-10H3,(H,26,30)/t16-,17-,18-,25-/m1/s1/i26+1,27+1. The molecular formula is C25H43N3O7S. The molecule has 3 fully saturated rings. The van der Waals surface area contributed by atoms with Gasteiger partial charge in [-0.05, 0) is 78.1 Å². The van der Waals surface area contributed by atoms with E-state index < -0.39 is 62.7 Å². The number of amides is 3. The van der Waals surface area contributed by atoms with Gasteiger partial charge in [0.25, 0.3) is 5.91 Å². The third-order valence-electron chi connectivity index (χ3n) is 7.99. The second-order valence-corrected chi connectivity index (χ2v) is 15.3. The lowest BCUT2D eigenvalue weighted by Gasteiger charge is -2.39. The number of carbonyl (C=O) groups excluding carboxylic acids is 3. The Morgan fingerprint density at radius 1 is 1.03 bits per heavy atom. The first-order valence-corrected chi connectivity index (χ1v) is 14.3. The number of carbonyl (C=O) groups is 3. The molecule has 3 amide bonds. The Kier molecular flexibility index (Phi) is 6.95. The zero-order chi connectivity index (χ0) is 27.6. The number of hydrogen-bond acceptors (Lipinski definition) is 7. The highest BCUT2D eigenvalue weighted by Gasteiger charge is 2.72. The Bertz CT molecular complexity index is 1030. The van der Waals surface area contributed by atoms with E-state index in [1.165, 1.54) is 0 Å². The predicted molar refractivity (Wildman–Crippen MR) is 134 cm³/mol. The Morgan fingerprint density at radius 2 is 1.58 bits per heavy atom. The summed E-state index contributed by atoms with van der Waals surface area (Å²) in [5.41, 5.74) is -0.137. The number of hydrazine groups is 1. The van der Waals surface area contributed by atoms with Crippen LogP contribution in [0.1, 0.15) is 88.5 Å². The van der Waals surface area contributed by atoms with Gasteiger partial charge in [0.05, 0.1) is 11.8 Å². The van der Waals surface area contributed by atoms with Crippen LogP contribution in [0, 0.1) is 22.7 Å². The van der Waals surface area contributed by atoms with Crippen molar-refractivity contribution in [1.82, 2.24) is 14.7 Å². The van der Waals surface area contributed by atoms with Gasteiger partial charge in [0.1, 0.15) is 17.2 Å². The minimum atomic E-state index is -3.93. The molecular weight excluding hydrogens is 488 g/mol. The van der Waals surface area contributed by atoms with E-state index in [1.54, 1.807) is 55.4 Å². The number of ether oxygens (including phenoxy) is 2. The van der Waals surface area contributed by atoms with Crippen molar-refractivity contribution in [2.75, 3.05) is 5.75 Å². The molecule has 206 valence electrons. The summed E-state index contributed by atoms with van der Waals surface area (Å²) < 4.78 is 38.8. The molecule has 1 saturated heterocycles. The fourth-order valence-electron chi connectivity index (χ4n) is 6.34. The van der Waals surface area contributed by atoms with Crippen LogP contribution in [0.2, 0.25) is 0 Å². The molecule has 0 aromatic carbocycles. The second kappa shape index (κ2) is 8.77. The van der Waals surface area contributed by atoms with E-state index in [1.807, 2.05) is 0 Å². The van der Waals surface area contributed by atoms with Gasteiger partial charge in [-0.1, -0.05) is 27.7 Å². The Labute approximate surface area is 215 Å². The van der Waals surface area contributed by atoms with Crippen LogP contribution in [0.4, 0.5) is 9.59 Å². The predicted octanol–water partition coefficient (Wildman–Crippen LogP) is 4.05. The average molecular weight is 532 g/mol. The van der Waals surface area contributed by atoms with Crippen molar-refractivity contribution < 1.29 is 32.3 Å². The normalized spacial score (nSPS) is 29.0. The number of nitrogens with one attached hydrogen (secondary N) is 1. The second-order valence-electron chi connectivity index (χ2n) is 13.4. The molecule has 10 nitrogen and oxygen atoms in total. The van der Waals surface area contributed by atoms with E-state index >= 15 is 0 Å². The number of hydrogen-bond donors (Lipinski definition) is 1. The number of fused-ring (bicyclic) bond motifs is 1. The summed E-state index contributed by atoms with van der Waals surface area (Å²) in [5.74, 6) is -1.04. The fraction of sp³-hybridized carbons (Fsp3) is 0.880. The molecule has 36 heavy (non-hydrogen) atoms. The molecule has 0 aromatic heterocycles. The summed E-state index contributed by atoms with van der Waals surface area (Å²) in [7, 11) is -3.93. The third-order valence-corrected chi connectivity index (χ3v) is 9.91. The van der Waals surface area contributed by atoms with E-state index in [4.69, 9.17) is 9.47 Å². The highest BCUT2D eigenvalue weighted by Crippen LogP contribution is 2.70. The minimum absolute atomic E-state index is 0.0867. The number of nitrogens with zero attached hydrogens (tertiary/aromatic N) is 2. The summed E-state index contributed by atoms with van der Waals surface area (Å²) >= 11 is 0. The van der Waals surface area contributed by atoms with Gasteiger partial charge in [-0.2, -0.15) is 0 Å². The Balaban J connectivity index is 2.01. The molecule has 1 heterocycles. The van der Waals surface area contributed by atoms with Gasteiger partial charge in [-0.3, -0.25) is 4.79 Å². The molecule has 1 N–H and O–H groups in total. The molecule has 2 aliphatic carbocycles. The molecule has 3 aliphatic rings. The zero-order valence-electron chi connectivity index (χ0n) is 23.3. The van der Waals surface area contributed by atoms with Crippen molar-refractivity contribution in [3.63, 3.8) is 0 Å². The maximum atomic E-state index is 14.1. The van der Waals surface area contributed by atoms with Crippen LogP contribution in [0.5, 0.6) is 0 Å². The van der Waals surface area contributed by atoms with Crippen molar-refractivity contribution >= 4 is 28.1 Å². The van der Waals surface area contributed by atoms with Gasteiger partial charge >= 0.3 is 12.2 Å². The van der Waals surface area contributed by atoms with Crippen molar-refractivity contribution in [1.29, 1.82) is 0 Å². The molecule has 3 rings (SSSR count). The van der Waals surface area contributed by atoms with Crippen molar-refractivity contribution in [3.05, 3.63) is 0 Å². The van der Waals surface area contributed by atoms with Gasteiger partial charge in [-0.15, -0.1) is 0 Å². The van der Waals surface area contributed by atoms with Crippen molar-refractivity contribution in [3.8, 4) is 0 Å². The Morgan fingerprint density at radius 3 is 2.06 bits per heavy atom. The van der Waals surface area contributed by atoms with E-state index in [2.05, 4.69) is 19.3 Å².